The van der Waals surface area contributed by atoms with Gasteiger partial charge in [-0.3, -0.25) is 14.5 Å². The molecule has 10 nitrogen and oxygen atoms in total. The second-order valence-corrected chi connectivity index (χ2v) is 13.2. The number of ether oxygens (including phenoxy) is 3. The standard InChI is InChI=1S/C37H44N4O6/c1-45-29-12-10-26(11-13-29)24-37(36(44)46-2)33-28(25-41(37)34(42)27-8-4-3-5-9-27)22-31-30(33)23-32(35(43)39-14-6-7-15-39)40(31)17-16-38-18-20-47-21-19-38/h3-5,8-13,23,28,33H,6-7,14-22,24-25H2,1-2H3/t28-,33+,37+/m0/s1. The minimum Gasteiger partial charge on any atom is -0.497 e. The summed E-state index contributed by atoms with van der Waals surface area (Å²) >= 11 is 0. The van der Waals surface area contributed by atoms with Crippen molar-refractivity contribution in [3.05, 3.63) is 88.7 Å². The lowest BCUT2D eigenvalue weighted by Gasteiger charge is -2.40. The van der Waals surface area contributed by atoms with Crippen LogP contribution in [0.4, 0.5) is 0 Å². The average molecular weight is 641 g/mol. The Bertz CT molecular complexity index is 1610. The van der Waals surface area contributed by atoms with E-state index in [1.807, 2.05) is 53.4 Å². The van der Waals surface area contributed by atoms with Crippen molar-refractivity contribution in [2.75, 3.05) is 66.7 Å². The predicted molar refractivity (Wildman–Crippen MR) is 176 cm³/mol. The van der Waals surface area contributed by atoms with E-state index in [-0.39, 0.29) is 30.1 Å². The van der Waals surface area contributed by atoms with Crippen LogP contribution in [0, 0.1) is 5.92 Å². The highest BCUT2D eigenvalue weighted by molar-refractivity contribution is 6.00. The fourth-order valence-electron chi connectivity index (χ4n) is 8.44. The van der Waals surface area contributed by atoms with Crippen LogP contribution < -0.4 is 4.74 Å². The molecule has 3 atom stereocenters. The number of likely N-dealkylation sites (tertiary alicyclic amines) is 2. The zero-order valence-corrected chi connectivity index (χ0v) is 27.4. The smallest absolute Gasteiger partial charge is 0.332 e. The van der Waals surface area contributed by atoms with E-state index in [0.717, 1.165) is 62.4 Å². The molecule has 248 valence electrons. The Hall–Kier alpha value is -4.15. The third-order valence-corrected chi connectivity index (χ3v) is 10.7. The number of esters is 1. The quantitative estimate of drug-likeness (QED) is 0.330. The number of fused-ring (bicyclic) bond motifs is 3. The molecule has 7 rings (SSSR count). The third-order valence-electron chi connectivity index (χ3n) is 10.7. The van der Waals surface area contributed by atoms with Crippen molar-refractivity contribution in [1.82, 2.24) is 19.3 Å². The molecule has 3 saturated heterocycles. The third kappa shape index (κ3) is 5.61. The molecule has 0 bridgehead atoms. The van der Waals surface area contributed by atoms with Crippen molar-refractivity contribution in [3.8, 4) is 5.75 Å². The Morgan fingerprint density at radius 3 is 2.30 bits per heavy atom. The van der Waals surface area contributed by atoms with E-state index < -0.39 is 11.5 Å². The SMILES string of the molecule is COC(=O)[C@@]1(Cc2ccc(OC)cc2)[C@H]2c3cc(C(=O)N4CCCC4)n(CCN4CCOCC4)c3C[C@H]2CN1C(=O)c1ccccc1. The molecule has 0 unspecified atom stereocenters. The monoisotopic (exact) mass is 640 g/mol. The highest BCUT2D eigenvalue weighted by atomic mass is 16.5. The van der Waals surface area contributed by atoms with E-state index >= 15 is 0 Å². The summed E-state index contributed by atoms with van der Waals surface area (Å²) in [5, 5.41) is 0. The lowest BCUT2D eigenvalue weighted by atomic mass is 9.75. The van der Waals surface area contributed by atoms with Crippen LogP contribution in [0.25, 0.3) is 0 Å². The van der Waals surface area contributed by atoms with E-state index in [9.17, 15) is 14.4 Å². The highest BCUT2D eigenvalue weighted by Gasteiger charge is 2.64. The number of rotatable bonds is 9. The number of nitrogens with zero attached hydrogens (tertiary/aromatic N) is 4. The number of benzene rings is 2. The fourth-order valence-corrected chi connectivity index (χ4v) is 8.44. The maximum atomic E-state index is 14.4. The molecule has 2 amide bonds. The number of carbonyl (C=O) groups is 3. The molecule has 3 fully saturated rings. The van der Waals surface area contributed by atoms with Crippen LogP contribution in [0.15, 0.2) is 60.7 Å². The Morgan fingerprint density at radius 1 is 0.894 bits per heavy atom. The number of aromatic nitrogens is 1. The van der Waals surface area contributed by atoms with Gasteiger partial charge in [0.05, 0.1) is 27.4 Å². The lowest BCUT2D eigenvalue weighted by Crippen LogP contribution is -2.58. The molecule has 0 N–H and O–H groups in total. The Balaban J connectivity index is 1.34. The molecule has 4 heterocycles. The van der Waals surface area contributed by atoms with Gasteiger partial charge in [-0.15, -0.1) is 0 Å². The molecule has 3 aromatic rings. The number of methoxy groups -OCH3 is 2. The zero-order valence-electron chi connectivity index (χ0n) is 27.4. The molecule has 1 aliphatic carbocycles. The molecule has 1 aromatic heterocycles. The Labute approximate surface area is 276 Å². The van der Waals surface area contributed by atoms with Crippen molar-refractivity contribution in [2.24, 2.45) is 5.92 Å². The van der Waals surface area contributed by atoms with E-state index in [1.54, 1.807) is 24.1 Å². The summed E-state index contributed by atoms with van der Waals surface area (Å²) in [5.41, 5.74) is 2.89. The molecule has 47 heavy (non-hydrogen) atoms. The first kappa shape index (κ1) is 31.4. The maximum absolute atomic E-state index is 14.4. The van der Waals surface area contributed by atoms with Crippen LogP contribution in [0.3, 0.4) is 0 Å². The van der Waals surface area contributed by atoms with Gasteiger partial charge >= 0.3 is 5.97 Å². The first-order valence-electron chi connectivity index (χ1n) is 16.8. The molecule has 2 aromatic carbocycles. The van der Waals surface area contributed by atoms with Crippen molar-refractivity contribution in [2.45, 2.75) is 43.7 Å². The molecular weight excluding hydrogens is 596 g/mol. The summed E-state index contributed by atoms with van der Waals surface area (Å²) in [6.07, 6.45) is 2.97. The molecular formula is C37H44N4O6. The van der Waals surface area contributed by atoms with E-state index in [1.165, 1.54) is 7.11 Å². The van der Waals surface area contributed by atoms with Crippen LogP contribution in [0.5, 0.6) is 5.75 Å². The molecule has 10 heteroatoms. The minimum absolute atomic E-state index is 0.00409. The summed E-state index contributed by atoms with van der Waals surface area (Å²) in [4.78, 5) is 48.9. The van der Waals surface area contributed by atoms with Gasteiger partial charge in [0.15, 0.2) is 5.54 Å². The van der Waals surface area contributed by atoms with E-state index in [4.69, 9.17) is 14.2 Å². The molecule has 0 spiro atoms. The fraction of sp³-hybridized carbons (Fsp3) is 0.486. The van der Waals surface area contributed by atoms with Gasteiger partial charge < -0.3 is 28.6 Å². The highest BCUT2D eigenvalue weighted by Crippen LogP contribution is 2.55. The van der Waals surface area contributed by atoms with Crippen LogP contribution in [0.2, 0.25) is 0 Å². The van der Waals surface area contributed by atoms with Crippen LogP contribution in [-0.2, 0) is 33.7 Å². The summed E-state index contributed by atoms with van der Waals surface area (Å²) in [7, 11) is 3.03. The predicted octanol–water partition coefficient (Wildman–Crippen LogP) is 3.63. The molecule has 0 radical (unpaired) electrons. The van der Waals surface area contributed by atoms with Gasteiger partial charge in [0.2, 0.25) is 0 Å². The van der Waals surface area contributed by atoms with Gasteiger partial charge in [0, 0.05) is 69.4 Å². The van der Waals surface area contributed by atoms with E-state index in [2.05, 4.69) is 9.47 Å². The molecule has 0 saturated carbocycles. The summed E-state index contributed by atoms with van der Waals surface area (Å²) < 4.78 is 18.8. The van der Waals surface area contributed by atoms with Crippen LogP contribution in [-0.4, -0.2) is 109 Å². The minimum atomic E-state index is -1.31. The summed E-state index contributed by atoms with van der Waals surface area (Å²) in [5.74, 6) is -0.213. The number of hydrogen-bond acceptors (Lipinski definition) is 7. The topological polar surface area (TPSA) is 93.6 Å². The van der Waals surface area contributed by atoms with Crippen LogP contribution in [0.1, 0.15) is 56.4 Å². The number of hydrogen-bond donors (Lipinski definition) is 0. The van der Waals surface area contributed by atoms with Gasteiger partial charge in [0.25, 0.3) is 11.8 Å². The number of carbonyl (C=O) groups excluding carboxylic acids is 3. The van der Waals surface area contributed by atoms with Crippen molar-refractivity contribution in [1.29, 1.82) is 0 Å². The first-order chi connectivity index (χ1) is 22.9. The van der Waals surface area contributed by atoms with Gasteiger partial charge in [0.1, 0.15) is 11.4 Å². The van der Waals surface area contributed by atoms with Crippen molar-refractivity contribution >= 4 is 17.8 Å². The van der Waals surface area contributed by atoms with Gasteiger partial charge in [-0.1, -0.05) is 30.3 Å². The molecule has 3 aliphatic heterocycles. The van der Waals surface area contributed by atoms with Gasteiger partial charge in [-0.05, 0) is 66.6 Å². The lowest BCUT2D eigenvalue weighted by molar-refractivity contribution is -0.153. The van der Waals surface area contributed by atoms with Crippen molar-refractivity contribution < 1.29 is 28.6 Å². The normalized spacial score (nSPS) is 23.9. The second-order valence-electron chi connectivity index (χ2n) is 13.2. The van der Waals surface area contributed by atoms with Crippen LogP contribution >= 0.6 is 0 Å². The Kier molecular flexibility index (Phi) is 8.81. The van der Waals surface area contributed by atoms with E-state index in [0.29, 0.717) is 49.7 Å². The Morgan fingerprint density at radius 2 is 1.62 bits per heavy atom. The number of amides is 2. The van der Waals surface area contributed by atoms with Gasteiger partial charge in [-0.25, -0.2) is 4.79 Å². The van der Waals surface area contributed by atoms with Crippen molar-refractivity contribution in [3.63, 3.8) is 0 Å². The summed E-state index contributed by atoms with van der Waals surface area (Å²) in [6, 6.07) is 18.9. The second kappa shape index (κ2) is 13.2. The first-order valence-corrected chi connectivity index (χ1v) is 16.8. The summed E-state index contributed by atoms with van der Waals surface area (Å²) in [6.45, 7) is 6.59. The van der Waals surface area contributed by atoms with Gasteiger partial charge in [-0.2, -0.15) is 0 Å². The average Bonchev–Trinajstić information content (AvgIpc) is 3.90. The largest absolute Gasteiger partial charge is 0.497 e. The molecule has 4 aliphatic rings. The number of morpholine rings is 1. The zero-order chi connectivity index (χ0) is 32.5. The maximum Gasteiger partial charge on any atom is 0.332 e.